The zero-order valence-electron chi connectivity index (χ0n) is 9.61. The Labute approximate surface area is 106 Å². The molecule has 1 saturated heterocycles. The fourth-order valence-electron chi connectivity index (χ4n) is 1.77. The quantitative estimate of drug-likeness (QED) is 0.762. The topological polar surface area (TPSA) is 29.0 Å². The maximum atomic E-state index is 5.80. The minimum absolute atomic E-state index is 0.484. The van der Waals surface area contributed by atoms with Gasteiger partial charge >= 0.3 is 0 Å². The molecule has 3 nitrogen and oxygen atoms in total. The average molecular weight is 258 g/mol. The summed E-state index contributed by atoms with van der Waals surface area (Å²) in [6.45, 7) is 5.25. The number of rotatable bonds is 2. The molecular weight excluding hydrogens is 242 g/mol. The molecule has 0 aromatic carbocycles. The summed E-state index contributed by atoms with van der Waals surface area (Å²) >= 11 is 7.80. The highest BCUT2D eigenvalue weighted by atomic mass is 35.5. The van der Waals surface area contributed by atoms with Crippen molar-refractivity contribution in [1.82, 2.24) is 9.97 Å². The number of aryl methyl sites for hydroxylation is 1. The highest BCUT2D eigenvalue weighted by molar-refractivity contribution is 7.99. The molecule has 2 heterocycles. The second-order valence-electron chi connectivity index (χ2n) is 4.03. The molecule has 0 spiro atoms. The van der Waals surface area contributed by atoms with Crippen LogP contribution in [0.1, 0.15) is 18.2 Å². The zero-order valence-corrected chi connectivity index (χ0v) is 11.2. The van der Waals surface area contributed by atoms with Gasteiger partial charge in [-0.2, -0.15) is 11.8 Å². The summed E-state index contributed by atoms with van der Waals surface area (Å²) in [5.41, 5.74) is 2.01. The predicted octanol–water partition coefficient (Wildman–Crippen LogP) is 2.47. The number of hydrogen-bond donors (Lipinski definition) is 0. The maximum Gasteiger partial charge on any atom is 0.225 e. The normalized spacial score (nSPS) is 21.2. The van der Waals surface area contributed by atoms with Gasteiger partial charge in [-0.3, -0.25) is 0 Å². The van der Waals surface area contributed by atoms with E-state index in [1.807, 2.05) is 24.9 Å². The van der Waals surface area contributed by atoms with E-state index in [1.165, 1.54) is 0 Å². The van der Waals surface area contributed by atoms with Crippen LogP contribution < -0.4 is 4.90 Å². The van der Waals surface area contributed by atoms with Crippen LogP contribution in [-0.4, -0.2) is 34.1 Å². The Morgan fingerprint density at radius 3 is 3.06 bits per heavy atom. The summed E-state index contributed by atoms with van der Waals surface area (Å²) in [7, 11) is 0. The van der Waals surface area contributed by atoms with Gasteiger partial charge in [-0.25, -0.2) is 9.97 Å². The smallest absolute Gasteiger partial charge is 0.225 e. The third kappa shape index (κ3) is 2.43. The lowest BCUT2D eigenvalue weighted by Crippen LogP contribution is -2.41. The van der Waals surface area contributed by atoms with E-state index >= 15 is 0 Å². The first-order chi connectivity index (χ1) is 7.72. The lowest BCUT2D eigenvalue weighted by Gasteiger charge is -2.33. The van der Waals surface area contributed by atoms with Crippen LogP contribution in [0, 0.1) is 6.92 Å². The van der Waals surface area contributed by atoms with Gasteiger partial charge in [0.05, 0.1) is 5.88 Å². The fraction of sp³-hybridized carbons (Fsp3) is 0.636. The van der Waals surface area contributed by atoms with Gasteiger partial charge in [0.1, 0.15) is 0 Å². The third-order valence-corrected chi connectivity index (χ3v) is 4.31. The predicted molar refractivity (Wildman–Crippen MR) is 70.5 cm³/mol. The number of aromatic nitrogens is 2. The molecule has 0 saturated carbocycles. The molecule has 0 N–H and O–H groups in total. The lowest BCUT2D eigenvalue weighted by molar-refractivity contribution is 0.675. The molecule has 1 unspecified atom stereocenters. The molecule has 1 aromatic heterocycles. The number of anilines is 1. The molecule has 0 aliphatic carbocycles. The van der Waals surface area contributed by atoms with Crippen LogP contribution in [0.2, 0.25) is 0 Å². The van der Waals surface area contributed by atoms with E-state index in [-0.39, 0.29) is 0 Å². The van der Waals surface area contributed by atoms with Crippen LogP contribution in [0.15, 0.2) is 6.20 Å². The minimum Gasteiger partial charge on any atom is -0.336 e. The fourth-order valence-corrected chi connectivity index (χ4v) is 3.05. The van der Waals surface area contributed by atoms with E-state index in [2.05, 4.69) is 21.8 Å². The molecule has 1 aromatic rings. The largest absolute Gasteiger partial charge is 0.336 e. The van der Waals surface area contributed by atoms with Crippen LogP contribution in [0.3, 0.4) is 0 Å². The standard InChI is InChI=1S/C11H16ClN3S/c1-8-7-16-4-3-15(8)11-13-6-10(5-12)9(2)14-11/h6,8H,3-5,7H2,1-2H3. The molecule has 0 amide bonds. The molecule has 5 heteroatoms. The average Bonchev–Trinajstić information content (AvgIpc) is 2.29. The van der Waals surface area contributed by atoms with Crippen LogP contribution >= 0.6 is 23.4 Å². The molecule has 1 aliphatic rings. The number of thioether (sulfide) groups is 1. The van der Waals surface area contributed by atoms with Crippen molar-refractivity contribution in [2.45, 2.75) is 25.8 Å². The molecule has 1 atom stereocenters. The Balaban J connectivity index is 2.22. The molecular formula is C11H16ClN3S. The summed E-state index contributed by atoms with van der Waals surface area (Å²) in [4.78, 5) is 11.2. The molecule has 1 fully saturated rings. The van der Waals surface area contributed by atoms with Crippen molar-refractivity contribution < 1.29 is 0 Å². The summed E-state index contributed by atoms with van der Waals surface area (Å²) in [5.74, 6) is 3.64. The SMILES string of the molecule is Cc1nc(N2CCSCC2C)ncc1CCl. The van der Waals surface area contributed by atoms with Crippen molar-refractivity contribution >= 4 is 29.3 Å². The second-order valence-corrected chi connectivity index (χ2v) is 5.45. The lowest BCUT2D eigenvalue weighted by atomic mass is 10.3. The van der Waals surface area contributed by atoms with Gasteiger partial charge in [-0.05, 0) is 13.8 Å². The van der Waals surface area contributed by atoms with Gasteiger partial charge in [0.15, 0.2) is 0 Å². The zero-order chi connectivity index (χ0) is 11.5. The molecule has 1 aliphatic heterocycles. The highest BCUT2D eigenvalue weighted by Gasteiger charge is 2.21. The summed E-state index contributed by atoms with van der Waals surface area (Å²) in [5, 5.41) is 0. The molecule has 0 bridgehead atoms. The van der Waals surface area contributed by atoms with E-state index in [4.69, 9.17) is 11.6 Å². The third-order valence-electron chi connectivity index (χ3n) is 2.84. The first kappa shape index (κ1) is 12.0. The second kappa shape index (κ2) is 5.23. The van der Waals surface area contributed by atoms with Gasteiger partial charge in [0.2, 0.25) is 5.95 Å². The van der Waals surface area contributed by atoms with Crippen molar-refractivity contribution in [2.24, 2.45) is 0 Å². The summed E-state index contributed by atoms with van der Waals surface area (Å²) in [6.07, 6.45) is 1.85. The monoisotopic (exact) mass is 257 g/mol. The van der Waals surface area contributed by atoms with Gasteiger partial charge in [-0.1, -0.05) is 0 Å². The van der Waals surface area contributed by atoms with E-state index in [9.17, 15) is 0 Å². The van der Waals surface area contributed by atoms with Crippen molar-refractivity contribution in [3.05, 3.63) is 17.5 Å². The first-order valence-corrected chi connectivity index (χ1v) is 7.14. The Hall–Kier alpha value is -0.480. The van der Waals surface area contributed by atoms with Crippen molar-refractivity contribution in [2.75, 3.05) is 23.0 Å². The molecule has 16 heavy (non-hydrogen) atoms. The van der Waals surface area contributed by atoms with Crippen molar-refractivity contribution in [3.63, 3.8) is 0 Å². The molecule has 88 valence electrons. The first-order valence-electron chi connectivity index (χ1n) is 5.45. The Morgan fingerprint density at radius 2 is 2.44 bits per heavy atom. The van der Waals surface area contributed by atoms with Crippen LogP contribution in [-0.2, 0) is 5.88 Å². The van der Waals surface area contributed by atoms with E-state index < -0.39 is 0 Å². The van der Waals surface area contributed by atoms with E-state index in [1.54, 1.807) is 0 Å². The van der Waals surface area contributed by atoms with Crippen molar-refractivity contribution in [3.8, 4) is 0 Å². The summed E-state index contributed by atoms with van der Waals surface area (Å²) < 4.78 is 0. The Kier molecular flexibility index (Phi) is 3.92. The van der Waals surface area contributed by atoms with Gasteiger partial charge in [-0.15, -0.1) is 11.6 Å². The van der Waals surface area contributed by atoms with Gasteiger partial charge < -0.3 is 4.90 Å². The van der Waals surface area contributed by atoms with Crippen molar-refractivity contribution in [1.29, 1.82) is 0 Å². The molecule has 0 radical (unpaired) electrons. The number of halogens is 1. The number of nitrogens with zero attached hydrogens (tertiary/aromatic N) is 3. The number of hydrogen-bond acceptors (Lipinski definition) is 4. The highest BCUT2D eigenvalue weighted by Crippen LogP contribution is 2.21. The minimum atomic E-state index is 0.484. The summed E-state index contributed by atoms with van der Waals surface area (Å²) in [6, 6.07) is 0.514. The molecule has 2 rings (SSSR count). The van der Waals surface area contributed by atoms with Crippen LogP contribution in [0.5, 0.6) is 0 Å². The van der Waals surface area contributed by atoms with Crippen LogP contribution in [0.4, 0.5) is 5.95 Å². The Bertz CT molecular complexity index is 372. The maximum absolute atomic E-state index is 5.80. The van der Waals surface area contributed by atoms with Crippen LogP contribution in [0.25, 0.3) is 0 Å². The Morgan fingerprint density at radius 1 is 1.62 bits per heavy atom. The number of alkyl halides is 1. The van der Waals surface area contributed by atoms with E-state index in [0.717, 1.165) is 35.3 Å². The van der Waals surface area contributed by atoms with Gasteiger partial charge in [0.25, 0.3) is 0 Å². The van der Waals surface area contributed by atoms with E-state index in [0.29, 0.717) is 11.9 Å². The van der Waals surface area contributed by atoms with Gasteiger partial charge in [0, 0.05) is 41.5 Å².